The highest BCUT2D eigenvalue weighted by molar-refractivity contribution is 6.25. The summed E-state index contributed by atoms with van der Waals surface area (Å²) in [4.78, 5) is 10.9. The molecule has 0 unspecified atom stereocenters. The number of fused-ring (bicyclic) bond motifs is 11. The van der Waals surface area contributed by atoms with Gasteiger partial charge in [-0.2, -0.15) is 0 Å². The molecule has 0 saturated carbocycles. The van der Waals surface area contributed by atoms with Crippen LogP contribution in [0.2, 0.25) is 0 Å². The molecule has 5 aromatic carbocycles. The van der Waals surface area contributed by atoms with E-state index >= 15 is 0 Å². The first-order valence-corrected chi connectivity index (χ1v) is 14.9. The zero-order chi connectivity index (χ0) is 28.8. The maximum absolute atomic E-state index is 5.44. The van der Waals surface area contributed by atoms with Gasteiger partial charge in [-0.3, -0.25) is 0 Å². The van der Waals surface area contributed by atoms with E-state index in [0.717, 1.165) is 55.6 Å². The van der Waals surface area contributed by atoms with Gasteiger partial charge in [0.1, 0.15) is 11.0 Å². The largest absolute Gasteiger partial charge is 0.305 e. The quantitative estimate of drug-likeness (QED) is 0.211. The summed E-state index contributed by atoms with van der Waals surface area (Å²) in [6, 6.07) is 51.6. The Morgan fingerprint density at radius 3 is 1.18 bits per heavy atom. The lowest BCUT2D eigenvalue weighted by Gasteiger charge is -2.12. The third-order valence-electron chi connectivity index (χ3n) is 9.06. The Bertz CT molecular complexity index is 2560. The normalized spacial score (nSPS) is 12.1. The number of benzene rings is 5. The Morgan fingerprint density at radius 1 is 0.318 bits per heavy atom. The fourth-order valence-corrected chi connectivity index (χ4v) is 7.15. The van der Waals surface area contributed by atoms with Gasteiger partial charge in [-0.15, -0.1) is 0 Å². The summed E-state index contributed by atoms with van der Waals surface area (Å²) in [5, 5.41) is 4.91. The number of rotatable bonds is 2. The van der Waals surface area contributed by atoms with E-state index in [9.17, 15) is 0 Å². The lowest BCUT2D eigenvalue weighted by molar-refractivity contribution is 1.26. The molecule has 5 aromatic heterocycles. The molecular formula is C40H24N4. The molecule has 0 amide bonds. The van der Waals surface area contributed by atoms with Crippen molar-refractivity contribution in [2.24, 2.45) is 0 Å². The van der Waals surface area contributed by atoms with Crippen LogP contribution in [0.1, 0.15) is 0 Å². The fraction of sp³-hybridized carbons (Fsp3) is 0. The molecule has 0 N–H and O–H groups in total. The summed E-state index contributed by atoms with van der Waals surface area (Å²) in [7, 11) is 0. The van der Waals surface area contributed by atoms with Crippen molar-refractivity contribution in [3.63, 3.8) is 0 Å². The highest BCUT2D eigenvalue weighted by atomic mass is 15.0. The molecule has 44 heavy (non-hydrogen) atoms. The topological polar surface area (TPSA) is 34.6 Å². The molecular weight excluding hydrogens is 536 g/mol. The Hall–Kier alpha value is -6.00. The molecule has 4 heteroatoms. The van der Waals surface area contributed by atoms with Crippen molar-refractivity contribution in [2.45, 2.75) is 0 Å². The molecule has 0 aliphatic carbocycles. The van der Waals surface area contributed by atoms with E-state index < -0.39 is 0 Å². The maximum Gasteiger partial charge on any atom is 0.116 e. The molecule has 0 saturated heterocycles. The van der Waals surface area contributed by atoms with Crippen molar-refractivity contribution in [1.82, 2.24) is 18.8 Å². The van der Waals surface area contributed by atoms with E-state index in [1.54, 1.807) is 0 Å². The van der Waals surface area contributed by atoms with Crippen molar-refractivity contribution in [3.8, 4) is 22.5 Å². The first-order valence-electron chi connectivity index (χ1n) is 14.9. The van der Waals surface area contributed by atoms with Crippen LogP contribution in [0.3, 0.4) is 0 Å². The van der Waals surface area contributed by atoms with Crippen molar-refractivity contribution in [3.05, 3.63) is 146 Å². The summed E-state index contributed by atoms with van der Waals surface area (Å²) < 4.78 is 4.83. The second kappa shape index (κ2) is 8.76. The van der Waals surface area contributed by atoms with Gasteiger partial charge >= 0.3 is 0 Å². The van der Waals surface area contributed by atoms with Gasteiger partial charge in [0.2, 0.25) is 0 Å². The molecule has 0 atom stereocenters. The smallest absolute Gasteiger partial charge is 0.116 e. The number of pyridine rings is 2. The second-order valence-electron chi connectivity index (χ2n) is 11.4. The average Bonchev–Trinajstić information content (AvgIpc) is 3.61. The summed E-state index contributed by atoms with van der Waals surface area (Å²) in [6.07, 6.45) is 0. The van der Waals surface area contributed by atoms with Gasteiger partial charge in [0.15, 0.2) is 0 Å². The minimum absolute atomic E-state index is 0.863. The predicted octanol–water partition coefficient (Wildman–Crippen LogP) is 10.1. The third-order valence-corrected chi connectivity index (χ3v) is 9.06. The van der Waals surface area contributed by atoms with Crippen LogP contribution < -0.4 is 0 Å². The van der Waals surface area contributed by atoms with Gasteiger partial charge in [-0.25, -0.2) is 9.97 Å². The molecule has 0 aliphatic rings. The predicted molar refractivity (Wildman–Crippen MR) is 182 cm³/mol. The van der Waals surface area contributed by atoms with Gasteiger partial charge in [0.05, 0.1) is 44.5 Å². The molecule has 4 nitrogen and oxygen atoms in total. The zero-order valence-electron chi connectivity index (χ0n) is 23.6. The van der Waals surface area contributed by atoms with E-state index in [-0.39, 0.29) is 0 Å². The van der Waals surface area contributed by atoms with E-state index in [4.69, 9.17) is 9.97 Å². The molecule has 10 rings (SSSR count). The van der Waals surface area contributed by atoms with E-state index in [2.05, 4.69) is 142 Å². The Labute approximate surface area is 252 Å². The van der Waals surface area contributed by atoms with Crippen LogP contribution in [0.4, 0.5) is 0 Å². The van der Waals surface area contributed by atoms with E-state index in [1.807, 2.05) is 12.1 Å². The first-order chi connectivity index (χ1) is 21.8. The van der Waals surface area contributed by atoms with Crippen molar-refractivity contribution >= 4 is 65.7 Å². The first kappa shape index (κ1) is 23.6. The monoisotopic (exact) mass is 560 g/mol. The van der Waals surface area contributed by atoms with E-state index in [0.29, 0.717) is 0 Å². The number of hydrogen-bond acceptors (Lipinski definition) is 2. The Balaban J connectivity index is 1.55. The van der Waals surface area contributed by atoms with Gasteiger partial charge in [-0.05, 0) is 36.4 Å². The number of hydrogen-bond donors (Lipinski definition) is 0. The van der Waals surface area contributed by atoms with Gasteiger partial charge in [0.25, 0.3) is 0 Å². The van der Waals surface area contributed by atoms with E-state index in [1.165, 1.54) is 32.6 Å². The summed E-state index contributed by atoms with van der Waals surface area (Å²) >= 11 is 0. The standard InChI is InChI=1S/C40H24N4/c1-3-11-25(12-4-1)31-21-23-35-37(41-31)38-36(24-22-32(42-38)26-13-5-2-6-14-26)44-34-18-10-8-16-28(34)30-20-19-29-27-15-7-9-17-33(27)43(35)39(29)40(30)44/h1-24H. The lowest BCUT2D eigenvalue weighted by Crippen LogP contribution is -1.98. The lowest BCUT2D eigenvalue weighted by atomic mass is 10.1. The van der Waals surface area contributed by atoms with Crippen LogP contribution in [0.25, 0.3) is 88.2 Å². The van der Waals surface area contributed by atoms with Crippen molar-refractivity contribution in [1.29, 1.82) is 0 Å². The number of nitrogens with zero attached hydrogens (tertiary/aromatic N) is 4. The molecule has 0 bridgehead atoms. The summed E-state index contributed by atoms with van der Waals surface area (Å²) in [5.74, 6) is 0. The molecule has 204 valence electrons. The van der Waals surface area contributed by atoms with Crippen molar-refractivity contribution < 1.29 is 0 Å². The highest BCUT2D eigenvalue weighted by Gasteiger charge is 2.21. The molecule has 0 fully saturated rings. The van der Waals surface area contributed by atoms with Crippen molar-refractivity contribution in [2.75, 3.05) is 0 Å². The van der Waals surface area contributed by atoms with Gasteiger partial charge < -0.3 is 8.80 Å². The second-order valence-corrected chi connectivity index (χ2v) is 11.4. The minimum atomic E-state index is 0.863. The van der Waals surface area contributed by atoms with Crippen LogP contribution in [0, 0.1) is 0 Å². The Morgan fingerprint density at radius 2 is 0.727 bits per heavy atom. The maximum atomic E-state index is 5.44. The van der Waals surface area contributed by atoms with Crippen LogP contribution in [0.5, 0.6) is 0 Å². The molecule has 0 spiro atoms. The summed E-state index contributed by atoms with van der Waals surface area (Å²) in [6.45, 7) is 0. The SMILES string of the molecule is c1ccc(-c2ccc3c(n2)c2nc(-c4ccccc4)ccc2n2c4ccccc4c4ccc5c6ccccc6n3c5c42)cc1. The third kappa shape index (κ3) is 3.11. The molecule has 0 radical (unpaired) electrons. The van der Waals surface area contributed by atoms with Crippen LogP contribution in [-0.4, -0.2) is 18.8 Å². The van der Waals surface area contributed by atoms with Gasteiger partial charge in [-0.1, -0.05) is 109 Å². The fourth-order valence-electron chi connectivity index (χ4n) is 7.15. The number of para-hydroxylation sites is 2. The van der Waals surface area contributed by atoms with Crippen LogP contribution in [0.15, 0.2) is 146 Å². The molecule has 5 heterocycles. The highest BCUT2D eigenvalue weighted by Crippen LogP contribution is 2.41. The zero-order valence-corrected chi connectivity index (χ0v) is 23.6. The average molecular weight is 561 g/mol. The van der Waals surface area contributed by atoms with Crippen LogP contribution in [-0.2, 0) is 0 Å². The summed E-state index contributed by atoms with van der Waals surface area (Å²) in [5.41, 5.74) is 12.5. The van der Waals surface area contributed by atoms with Crippen LogP contribution >= 0.6 is 0 Å². The minimum Gasteiger partial charge on any atom is -0.305 e. The molecule has 10 aromatic rings. The van der Waals surface area contributed by atoms with Gasteiger partial charge in [0, 0.05) is 32.7 Å². The number of aromatic nitrogens is 4. The molecule has 0 aliphatic heterocycles. The Kier molecular flexibility index (Phi) is 4.69.